The number of aromatic nitrogens is 4. The van der Waals surface area contributed by atoms with Crippen molar-refractivity contribution in [3.05, 3.63) is 95.6 Å². The molecule has 0 radical (unpaired) electrons. The number of hydrogen-bond acceptors (Lipinski definition) is 9. The average Bonchev–Trinajstić information content (AvgIpc) is 3.57. The second kappa shape index (κ2) is 9.14. The van der Waals surface area contributed by atoms with Crippen LogP contribution < -0.4 is 5.73 Å². The maximum absolute atomic E-state index is 11.2. The molecule has 1 saturated carbocycles. The van der Waals surface area contributed by atoms with Crippen molar-refractivity contribution >= 4 is 22.7 Å². The molecule has 4 N–H and O–H groups in total. The van der Waals surface area contributed by atoms with Gasteiger partial charge in [0, 0.05) is 35.3 Å². The van der Waals surface area contributed by atoms with Gasteiger partial charge < -0.3 is 15.9 Å². The van der Waals surface area contributed by atoms with Crippen LogP contribution in [0.2, 0.25) is 0 Å². The second-order valence-corrected chi connectivity index (χ2v) is 12.4. The Bertz CT molecular complexity index is 1570. The fourth-order valence-electron chi connectivity index (χ4n) is 5.15. The van der Waals surface area contributed by atoms with E-state index in [-0.39, 0.29) is 0 Å². The van der Waals surface area contributed by atoms with Crippen LogP contribution in [0, 0.1) is 0 Å². The number of rotatable bonds is 6. The smallest absolute Gasteiger partial charge is 0.141 e. The summed E-state index contributed by atoms with van der Waals surface area (Å²) < 4.78 is 0. The van der Waals surface area contributed by atoms with Crippen LogP contribution in [0.3, 0.4) is 0 Å². The van der Waals surface area contributed by atoms with Crippen LogP contribution in [-0.4, -0.2) is 35.8 Å². The molecule has 2 aromatic carbocycles. The van der Waals surface area contributed by atoms with Crippen LogP contribution in [0.1, 0.15) is 42.8 Å². The van der Waals surface area contributed by atoms with Crippen molar-refractivity contribution in [1.29, 1.82) is 0 Å². The van der Waals surface area contributed by atoms with Crippen molar-refractivity contribution in [1.82, 2.24) is 19.9 Å². The maximum Gasteiger partial charge on any atom is 0.141 e. The van der Waals surface area contributed by atoms with Gasteiger partial charge in [-0.15, -0.1) is 22.7 Å². The number of hydrogen-bond donors (Lipinski definition) is 3. The van der Waals surface area contributed by atoms with E-state index in [0.29, 0.717) is 23.4 Å². The Morgan fingerprint density at radius 3 is 2.26 bits per heavy atom. The zero-order valence-corrected chi connectivity index (χ0v) is 22.6. The molecule has 0 spiro atoms. The Balaban J connectivity index is 1.37. The first kappa shape index (κ1) is 25.0. The third kappa shape index (κ3) is 4.46. The van der Waals surface area contributed by atoms with Gasteiger partial charge in [-0.2, -0.15) is 0 Å². The molecule has 0 bridgehead atoms. The van der Waals surface area contributed by atoms with E-state index >= 15 is 0 Å². The molecule has 1 aliphatic carbocycles. The van der Waals surface area contributed by atoms with E-state index in [9.17, 15) is 10.2 Å². The lowest BCUT2D eigenvalue weighted by molar-refractivity contribution is -0.0738. The van der Waals surface area contributed by atoms with Gasteiger partial charge in [0.05, 0.1) is 21.0 Å². The van der Waals surface area contributed by atoms with Gasteiger partial charge in [0.15, 0.2) is 0 Å². The highest BCUT2D eigenvalue weighted by Crippen LogP contribution is 2.47. The van der Waals surface area contributed by atoms with Gasteiger partial charge in [-0.1, -0.05) is 54.6 Å². The summed E-state index contributed by atoms with van der Waals surface area (Å²) in [6.07, 6.45) is 7.49. The standard InChI is InChI=1S/C29H27N5O2S2/c1-27(35)15-29(30,16-27)20-10-8-18(9-11-20)23-24(19-6-4-3-5-7-19)38-25(34-23)22-14-33-26(37-22)28(2,36)21-12-31-17-32-13-21/h3-14,17,35-36H,15-16,30H2,1-2H3. The summed E-state index contributed by atoms with van der Waals surface area (Å²) in [7, 11) is 0. The molecule has 9 heteroatoms. The zero-order valence-electron chi connectivity index (χ0n) is 21.0. The molecule has 0 saturated heterocycles. The summed E-state index contributed by atoms with van der Waals surface area (Å²) >= 11 is 3.01. The Kier molecular flexibility index (Phi) is 6.01. The molecule has 3 aromatic heterocycles. The molecule has 3 heterocycles. The molecule has 1 fully saturated rings. The molecule has 7 nitrogen and oxygen atoms in total. The molecule has 192 valence electrons. The Hall–Kier alpha value is -3.34. The van der Waals surface area contributed by atoms with Crippen LogP contribution in [0.15, 0.2) is 79.5 Å². The van der Waals surface area contributed by atoms with Gasteiger partial charge in [-0.25, -0.2) is 19.9 Å². The highest BCUT2D eigenvalue weighted by Gasteiger charge is 2.49. The summed E-state index contributed by atoms with van der Waals surface area (Å²) in [4.78, 5) is 19.6. The minimum absolute atomic E-state index is 0.503. The molecule has 1 atom stereocenters. The summed E-state index contributed by atoms with van der Waals surface area (Å²) in [6, 6.07) is 18.4. The van der Waals surface area contributed by atoms with Crippen molar-refractivity contribution in [2.45, 2.75) is 43.4 Å². The van der Waals surface area contributed by atoms with Crippen LogP contribution in [0.5, 0.6) is 0 Å². The fourth-order valence-corrected chi connectivity index (χ4v) is 7.27. The SMILES string of the molecule is CC1(O)CC(N)(c2ccc(-c3nc(-c4cnc(C(C)(O)c5cncnc5)s4)sc3-c3ccccc3)cc2)C1. The van der Waals surface area contributed by atoms with Crippen molar-refractivity contribution in [2.75, 3.05) is 0 Å². The maximum atomic E-state index is 11.2. The van der Waals surface area contributed by atoms with E-state index in [0.717, 1.165) is 37.1 Å². The molecule has 0 amide bonds. The van der Waals surface area contributed by atoms with Crippen LogP contribution in [0.4, 0.5) is 0 Å². The van der Waals surface area contributed by atoms with Crippen LogP contribution in [-0.2, 0) is 11.1 Å². The number of benzene rings is 2. The van der Waals surface area contributed by atoms with Crippen LogP contribution >= 0.6 is 22.7 Å². The topological polar surface area (TPSA) is 118 Å². The first-order valence-electron chi connectivity index (χ1n) is 12.3. The molecular weight excluding hydrogens is 514 g/mol. The summed E-state index contributed by atoms with van der Waals surface area (Å²) in [6.45, 7) is 3.53. The summed E-state index contributed by atoms with van der Waals surface area (Å²) in [5.74, 6) is 0. The quantitative estimate of drug-likeness (QED) is 0.265. The first-order chi connectivity index (χ1) is 18.1. The third-order valence-corrected chi connectivity index (χ3v) is 9.53. The van der Waals surface area contributed by atoms with Crippen LogP contribution in [0.25, 0.3) is 31.6 Å². The van der Waals surface area contributed by atoms with Gasteiger partial charge in [0.25, 0.3) is 0 Å². The van der Waals surface area contributed by atoms with Crippen molar-refractivity contribution in [3.8, 4) is 31.6 Å². The number of aliphatic hydroxyl groups is 2. The Morgan fingerprint density at radius 1 is 0.921 bits per heavy atom. The van der Waals surface area contributed by atoms with Gasteiger partial charge in [-0.3, -0.25) is 0 Å². The minimum Gasteiger partial charge on any atom is -0.390 e. The lowest BCUT2D eigenvalue weighted by atomic mass is 9.63. The van der Waals surface area contributed by atoms with E-state index in [1.165, 1.54) is 17.7 Å². The largest absolute Gasteiger partial charge is 0.390 e. The van der Waals surface area contributed by atoms with Gasteiger partial charge in [0.2, 0.25) is 0 Å². The summed E-state index contributed by atoms with van der Waals surface area (Å²) in [5, 5.41) is 22.8. The third-order valence-electron chi connectivity index (χ3n) is 7.04. The van der Waals surface area contributed by atoms with Crippen molar-refractivity contribution < 1.29 is 10.2 Å². The predicted octanol–water partition coefficient (Wildman–Crippen LogP) is 5.35. The number of nitrogens with zero attached hydrogens (tertiary/aromatic N) is 4. The monoisotopic (exact) mass is 541 g/mol. The Morgan fingerprint density at radius 2 is 1.61 bits per heavy atom. The average molecular weight is 542 g/mol. The molecule has 1 aliphatic rings. The van der Waals surface area contributed by atoms with Gasteiger partial charge in [0.1, 0.15) is 21.9 Å². The lowest BCUT2D eigenvalue weighted by Gasteiger charge is -2.49. The van der Waals surface area contributed by atoms with E-state index in [1.54, 1.807) is 36.9 Å². The van der Waals surface area contributed by atoms with Gasteiger partial charge in [-0.05, 0) is 37.8 Å². The highest BCUT2D eigenvalue weighted by molar-refractivity contribution is 7.23. The molecule has 38 heavy (non-hydrogen) atoms. The lowest BCUT2D eigenvalue weighted by Crippen LogP contribution is -2.58. The fraction of sp³-hybridized carbons (Fsp3) is 0.241. The number of nitrogens with two attached hydrogens (primary N) is 1. The minimum atomic E-state index is -1.31. The number of thiazole rings is 2. The molecule has 6 rings (SSSR count). The predicted molar refractivity (Wildman–Crippen MR) is 151 cm³/mol. The zero-order chi connectivity index (χ0) is 26.5. The Labute approximate surface area is 228 Å². The molecule has 0 aliphatic heterocycles. The molecule has 5 aromatic rings. The highest BCUT2D eigenvalue weighted by atomic mass is 32.1. The van der Waals surface area contributed by atoms with E-state index in [1.807, 2.05) is 37.3 Å². The first-order valence-corrected chi connectivity index (χ1v) is 13.9. The molecule has 1 unspecified atom stereocenters. The van der Waals surface area contributed by atoms with Gasteiger partial charge >= 0.3 is 0 Å². The normalized spacial score (nSPS) is 22.6. The van der Waals surface area contributed by atoms with Crippen molar-refractivity contribution in [2.24, 2.45) is 5.73 Å². The van der Waals surface area contributed by atoms with E-state index < -0.39 is 16.7 Å². The van der Waals surface area contributed by atoms with E-state index in [4.69, 9.17) is 10.7 Å². The van der Waals surface area contributed by atoms with E-state index in [2.05, 4.69) is 39.2 Å². The summed E-state index contributed by atoms with van der Waals surface area (Å²) in [5.41, 5.74) is 8.59. The molecular formula is C29H27N5O2S2. The second-order valence-electron chi connectivity index (χ2n) is 10.4. The van der Waals surface area contributed by atoms with Crippen molar-refractivity contribution in [3.63, 3.8) is 0 Å².